The summed E-state index contributed by atoms with van der Waals surface area (Å²) < 4.78 is 0.993. The predicted molar refractivity (Wildman–Crippen MR) is 82.2 cm³/mol. The first kappa shape index (κ1) is 15.7. The summed E-state index contributed by atoms with van der Waals surface area (Å²) in [5, 5.41) is 14.1. The van der Waals surface area contributed by atoms with Crippen LogP contribution in [0.2, 0.25) is 0 Å². The van der Waals surface area contributed by atoms with Gasteiger partial charge in [-0.3, -0.25) is 0 Å². The Kier molecular flexibility index (Phi) is 6.07. The van der Waals surface area contributed by atoms with Gasteiger partial charge in [0.25, 0.3) is 0 Å². The van der Waals surface area contributed by atoms with Gasteiger partial charge >= 0.3 is 12.0 Å². The molecule has 0 spiro atoms. The molecule has 104 valence electrons. The Hall–Kier alpha value is -1.31. The number of halogens is 1. The minimum absolute atomic E-state index is 0.194. The molecule has 1 rings (SSSR count). The number of carbonyl (C=O) groups excluding carboxylic acids is 1. The Bertz CT molecular complexity index is 463. The molecule has 0 saturated heterocycles. The van der Waals surface area contributed by atoms with Crippen molar-refractivity contribution >= 4 is 40.3 Å². The summed E-state index contributed by atoms with van der Waals surface area (Å²) in [6, 6.07) is 5.90. The number of carboxylic acids is 1. The molecule has 1 atom stereocenters. The Labute approximate surface area is 125 Å². The van der Waals surface area contributed by atoms with Crippen molar-refractivity contribution in [3.63, 3.8) is 0 Å². The number of anilines is 1. The minimum Gasteiger partial charge on any atom is -0.480 e. The summed E-state index contributed by atoms with van der Waals surface area (Å²) >= 11 is 2.14. The van der Waals surface area contributed by atoms with Gasteiger partial charge in [-0.1, -0.05) is 19.9 Å². The predicted octanol–water partition coefficient (Wildman–Crippen LogP) is 2.91. The molecular formula is C13H17IN2O3. The van der Waals surface area contributed by atoms with Crippen molar-refractivity contribution in [3.8, 4) is 0 Å². The summed E-state index contributed by atoms with van der Waals surface area (Å²) in [7, 11) is 0. The summed E-state index contributed by atoms with van der Waals surface area (Å²) in [4.78, 5) is 22.8. The number of hydrogen-bond acceptors (Lipinski definition) is 2. The van der Waals surface area contributed by atoms with Crippen molar-refractivity contribution in [2.24, 2.45) is 5.92 Å². The van der Waals surface area contributed by atoms with Gasteiger partial charge < -0.3 is 15.7 Å². The van der Waals surface area contributed by atoms with E-state index in [-0.39, 0.29) is 5.92 Å². The van der Waals surface area contributed by atoms with Gasteiger partial charge in [-0.25, -0.2) is 9.59 Å². The molecular weight excluding hydrogens is 359 g/mol. The third-order valence-corrected chi connectivity index (χ3v) is 3.06. The van der Waals surface area contributed by atoms with E-state index in [0.29, 0.717) is 12.1 Å². The van der Waals surface area contributed by atoms with Crippen molar-refractivity contribution in [1.29, 1.82) is 0 Å². The summed E-state index contributed by atoms with van der Waals surface area (Å²) in [5.41, 5.74) is 0.637. The average molecular weight is 376 g/mol. The number of nitrogens with one attached hydrogen (secondary N) is 2. The molecule has 3 N–H and O–H groups in total. The van der Waals surface area contributed by atoms with Crippen molar-refractivity contribution in [2.75, 3.05) is 5.32 Å². The van der Waals surface area contributed by atoms with Crippen LogP contribution in [-0.2, 0) is 4.79 Å². The average Bonchev–Trinajstić information content (AvgIpc) is 2.27. The van der Waals surface area contributed by atoms with Gasteiger partial charge in [0.15, 0.2) is 0 Å². The van der Waals surface area contributed by atoms with E-state index in [2.05, 4.69) is 33.2 Å². The molecule has 0 aliphatic carbocycles. The number of aliphatic carboxylic acids is 1. The number of carbonyl (C=O) groups is 2. The third kappa shape index (κ3) is 5.91. The highest BCUT2D eigenvalue weighted by Crippen LogP contribution is 2.12. The smallest absolute Gasteiger partial charge is 0.326 e. The van der Waals surface area contributed by atoms with Crippen LogP contribution < -0.4 is 10.6 Å². The van der Waals surface area contributed by atoms with E-state index in [1.54, 1.807) is 12.1 Å². The normalized spacial score (nSPS) is 12.0. The zero-order valence-corrected chi connectivity index (χ0v) is 13.0. The molecule has 19 heavy (non-hydrogen) atoms. The summed E-state index contributed by atoms with van der Waals surface area (Å²) in [5.74, 6) is -0.828. The lowest BCUT2D eigenvalue weighted by atomic mass is 10.0. The molecule has 0 aromatic heterocycles. The first-order valence-electron chi connectivity index (χ1n) is 5.94. The van der Waals surface area contributed by atoms with E-state index in [0.717, 1.165) is 3.57 Å². The van der Waals surface area contributed by atoms with Crippen molar-refractivity contribution in [3.05, 3.63) is 27.8 Å². The highest BCUT2D eigenvalue weighted by Gasteiger charge is 2.20. The lowest BCUT2D eigenvalue weighted by Crippen LogP contribution is -2.43. The molecule has 5 nitrogen and oxygen atoms in total. The number of urea groups is 1. The number of hydrogen-bond donors (Lipinski definition) is 3. The Morgan fingerprint density at radius 2 is 2.05 bits per heavy atom. The van der Waals surface area contributed by atoms with Gasteiger partial charge in [0, 0.05) is 9.26 Å². The monoisotopic (exact) mass is 376 g/mol. The largest absolute Gasteiger partial charge is 0.480 e. The van der Waals surface area contributed by atoms with Crippen LogP contribution in [0.25, 0.3) is 0 Å². The highest BCUT2D eigenvalue weighted by molar-refractivity contribution is 14.1. The third-order valence-electron chi connectivity index (χ3n) is 2.39. The van der Waals surface area contributed by atoms with Gasteiger partial charge in [-0.15, -0.1) is 0 Å². The number of rotatable bonds is 5. The molecule has 0 fully saturated rings. The molecule has 0 aliphatic rings. The standard InChI is InChI=1S/C13H17IN2O3/c1-8(2)6-11(12(17)18)16-13(19)15-10-5-3-4-9(14)7-10/h3-5,7-8,11H,6H2,1-2H3,(H,17,18)(H2,15,16,19). The zero-order valence-electron chi connectivity index (χ0n) is 10.8. The fraction of sp³-hybridized carbons (Fsp3) is 0.385. The van der Waals surface area contributed by atoms with E-state index < -0.39 is 18.0 Å². The van der Waals surface area contributed by atoms with E-state index in [1.807, 2.05) is 26.0 Å². The molecule has 1 aromatic carbocycles. The first-order valence-corrected chi connectivity index (χ1v) is 7.02. The van der Waals surface area contributed by atoms with Crippen LogP contribution in [-0.4, -0.2) is 23.1 Å². The number of carboxylic acid groups (broad SMARTS) is 1. The number of benzene rings is 1. The second-order valence-electron chi connectivity index (χ2n) is 4.63. The SMILES string of the molecule is CC(C)CC(NC(=O)Nc1cccc(I)c1)C(=O)O. The number of amides is 2. The van der Waals surface area contributed by atoms with E-state index in [9.17, 15) is 9.59 Å². The maximum absolute atomic E-state index is 11.7. The fourth-order valence-corrected chi connectivity index (χ4v) is 2.13. The second kappa shape index (κ2) is 7.32. The molecule has 6 heteroatoms. The molecule has 0 radical (unpaired) electrons. The topological polar surface area (TPSA) is 78.4 Å². The fourth-order valence-electron chi connectivity index (χ4n) is 1.58. The maximum Gasteiger partial charge on any atom is 0.326 e. The molecule has 0 saturated carbocycles. The first-order chi connectivity index (χ1) is 8.88. The molecule has 0 heterocycles. The maximum atomic E-state index is 11.7. The zero-order chi connectivity index (χ0) is 14.4. The second-order valence-corrected chi connectivity index (χ2v) is 5.87. The highest BCUT2D eigenvalue weighted by atomic mass is 127. The Morgan fingerprint density at radius 1 is 1.37 bits per heavy atom. The Balaban J connectivity index is 2.60. The van der Waals surface area contributed by atoms with E-state index in [1.165, 1.54) is 0 Å². The van der Waals surface area contributed by atoms with Crippen LogP contribution in [0.5, 0.6) is 0 Å². The van der Waals surface area contributed by atoms with Crippen molar-refractivity contribution in [1.82, 2.24) is 5.32 Å². The summed E-state index contributed by atoms with van der Waals surface area (Å²) in [6.45, 7) is 3.82. The van der Waals surface area contributed by atoms with Crippen LogP contribution in [0.15, 0.2) is 24.3 Å². The van der Waals surface area contributed by atoms with Crippen LogP contribution in [0.1, 0.15) is 20.3 Å². The molecule has 1 unspecified atom stereocenters. The molecule has 0 aliphatic heterocycles. The van der Waals surface area contributed by atoms with Gasteiger partial charge in [-0.05, 0) is 53.1 Å². The minimum atomic E-state index is -1.02. The lowest BCUT2D eigenvalue weighted by Gasteiger charge is -2.17. The van der Waals surface area contributed by atoms with Gasteiger partial charge in [0.2, 0.25) is 0 Å². The lowest BCUT2D eigenvalue weighted by molar-refractivity contribution is -0.139. The quantitative estimate of drug-likeness (QED) is 0.692. The summed E-state index contributed by atoms with van der Waals surface area (Å²) in [6.07, 6.45) is 0.398. The van der Waals surface area contributed by atoms with Gasteiger partial charge in [0.1, 0.15) is 6.04 Å². The van der Waals surface area contributed by atoms with Crippen LogP contribution >= 0.6 is 22.6 Å². The molecule has 1 aromatic rings. The van der Waals surface area contributed by atoms with Gasteiger partial charge in [-0.2, -0.15) is 0 Å². The molecule has 2 amide bonds. The van der Waals surface area contributed by atoms with Crippen LogP contribution in [0.3, 0.4) is 0 Å². The van der Waals surface area contributed by atoms with E-state index >= 15 is 0 Å². The molecule has 0 bridgehead atoms. The van der Waals surface area contributed by atoms with Crippen molar-refractivity contribution < 1.29 is 14.7 Å². The van der Waals surface area contributed by atoms with E-state index in [4.69, 9.17) is 5.11 Å². The van der Waals surface area contributed by atoms with Crippen LogP contribution in [0.4, 0.5) is 10.5 Å². The van der Waals surface area contributed by atoms with Gasteiger partial charge in [0.05, 0.1) is 0 Å². The van der Waals surface area contributed by atoms with Crippen molar-refractivity contribution in [2.45, 2.75) is 26.3 Å². The Morgan fingerprint density at radius 3 is 2.58 bits per heavy atom. The van der Waals surface area contributed by atoms with Crippen LogP contribution in [0, 0.1) is 9.49 Å².